The summed E-state index contributed by atoms with van der Waals surface area (Å²) in [7, 11) is 2.11. The molecular formula is C14H19IN2O2. The van der Waals surface area contributed by atoms with Crippen molar-refractivity contribution in [1.82, 2.24) is 10.2 Å². The number of amides is 1. The maximum Gasteiger partial charge on any atom is 0.255 e. The number of nitrogens with zero attached hydrogens (tertiary/aromatic N) is 1. The SMILES string of the molecule is CC1CC(NC(=O)c2cc(I)ccc2O)CCN1C. The van der Waals surface area contributed by atoms with Gasteiger partial charge >= 0.3 is 0 Å². The third kappa shape index (κ3) is 3.60. The third-order valence-electron chi connectivity index (χ3n) is 3.75. The predicted octanol–water partition coefficient (Wildman–Crippen LogP) is 2.21. The minimum Gasteiger partial charge on any atom is -0.507 e. The molecule has 2 unspecified atom stereocenters. The van der Waals surface area contributed by atoms with Gasteiger partial charge in [0.2, 0.25) is 0 Å². The first-order valence-electron chi connectivity index (χ1n) is 6.47. The van der Waals surface area contributed by atoms with Crippen LogP contribution < -0.4 is 5.32 Å². The van der Waals surface area contributed by atoms with Crippen LogP contribution in [0.2, 0.25) is 0 Å². The molecule has 1 aromatic rings. The average Bonchev–Trinajstić information content (AvgIpc) is 2.36. The van der Waals surface area contributed by atoms with E-state index in [0.717, 1.165) is 23.0 Å². The molecule has 0 spiro atoms. The normalized spacial score (nSPS) is 24.2. The van der Waals surface area contributed by atoms with Gasteiger partial charge in [-0.05, 0) is 67.6 Å². The quantitative estimate of drug-likeness (QED) is 0.781. The monoisotopic (exact) mass is 374 g/mol. The number of halogens is 1. The summed E-state index contributed by atoms with van der Waals surface area (Å²) >= 11 is 2.13. The highest BCUT2D eigenvalue weighted by atomic mass is 127. The first-order chi connectivity index (χ1) is 8.97. The zero-order valence-electron chi connectivity index (χ0n) is 11.2. The molecule has 104 valence electrons. The van der Waals surface area contributed by atoms with Crippen molar-refractivity contribution in [2.75, 3.05) is 13.6 Å². The number of aromatic hydroxyl groups is 1. The Bertz CT molecular complexity index is 479. The fourth-order valence-corrected chi connectivity index (χ4v) is 2.86. The molecule has 19 heavy (non-hydrogen) atoms. The van der Waals surface area contributed by atoms with Gasteiger partial charge in [-0.3, -0.25) is 4.79 Å². The number of rotatable bonds is 2. The van der Waals surface area contributed by atoms with E-state index in [-0.39, 0.29) is 17.7 Å². The van der Waals surface area contributed by atoms with Crippen LogP contribution in [-0.2, 0) is 0 Å². The number of nitrogens with one attached hydrogen (secondary N) is 1. The summed E-state index contributed by atoms with van der Waals surface area (Å²) in [6, 6.07) is 5.72. The highest BCUT2D eigenvalue weighted by Crippen LogP contribution is 2.21. The van der Waals surface area contributed by atoms with Gasteiger partial charge in [-0.1, -0.05) is 0 Å². The molecule has 0 bridgehead atoms. The molecule has 2 N–H and O–H groups in total. The zero-order valence-corrected chi connectivity index (χ0v) is 13.3. The molecule has 0 radical (unpaired) electrons. The molecule has 1 amide bonds. The second-order valence-corrected chi connectivity index (χ2v) is 6.43. The molecule has 1 heterocycles. The van der Waals surface area contributed by atoms with Gasteiger partial charge in [-0.25, -0.2) is 0 Å². The summed E-state index contributed by atoms with van der Waals surface area (Å²) in [4.78, 5) is 14.5. The van der Waals surface area contributed by atoms with E-state index >= 15 is 0 Å². The zero-order chi connectivity index (χ0) is 14.0. The Hall–Kier alpha value is -0.820. The first-order valence-corrected chi connectivity index (χ1v) is 7.55. The molecule has 2 atom stereocenters. The Morgan fingerprint density at radius 2 is 2.26 bits per heavy atom. The van der Waals surface area contributed by atoms with Crippen LogP contribution in [0.3, 0.4) is 0 Å². The molecule has 0 saturated carbocycles. The van der Waals surface area contributed by atoms with Crippen LogP contribution in [0.5, 0.6) is 5.75 Å². The second kappa shape index (κ2) is 6.09. The number of likely N-dealkylation sites (tertiary alicyclic amines) is 1. The number of piperidine rings is 1. The van der Waals surface area contributed by atoms with E-state index < -0.39 is 0 Å². The summed E-state index contributed by atoms with van der Waals surface area (Å²) < 4.78 is 0.942. The Labute approximate surface area is 127 Å². The Balaban J connectivity index is 2.03. The van der Waals surface area contributed by atoms with Crippen LogP contribution in [0.25, 0.3) is 0 Å². The van der Waals surface area contributed by atoms with Crippen molar-refractivity contribution in [3.8, 4) is 5.75 Å². The van der Waals surface area contributed by atoms with Gasteiger partial charge in [-0.15, -0.1) is 0 Å². The molecule has 4 nitrogen and oxygen atoms in total. The summed E-state index contributed by atoms with van der Waals surface area (Å²) in [5.74, 6) is -0.142. The van der Waals surface area contributed by atoms with Gasteiger partial charge in [0.05, 0.1) is 5.56 Å². The van der Waals surface area contributed by atoms with Crippen molar-refractivity contribution in [3.63, 3.8) is 0 Å². The van der Waals surface area contributed by atoms with Crippen molar-refractivity contribution < 1.29 is 9.90 Å². The first kappa shape index (κ1) is 14.6. The summed E-state index contributed by atoms with van der Waals surface area (Å²) in [5.41, 5.74) is 0.360. The van der Waals surface area contributed by atoms with Crippen molar-refractivity contribution in [3.05, 3.63) is 27.3 Å². The van der Waals surface area contributed by atoms with Gasteiger partial charge in [0.15, 0.2) is 0 Å². The van der Waals surface area contributed by atoms with E-state index in [1.54, 1.807) is 18.2 Å². The lowest BCUT2D eigenvalue weighted by molar-refractivity contribution is 0.0894. The molecule has 2 rings (SSSR count). The number of hydrogen-bond donors (Lipinski definition) is 2. The van der Waals surface area contributed by atoms with Gasteiger partial charge in [0.1, 0.15) is 5.75 Å². The topological polar surface area (TPSA) is 52.6 Å². The molecule has 1 saturated heterocycles. The molecule has 1 fully saturated rings. The number of phenolic OH excluding ortho intramolecular Hbond substituents is 1. The highest BCUT2D eigenvalue weighted by Gasteiger charge is 2.24. The van der Waals surface area contributed by atoms with Crippen molar-refractivity contribution in [2.45, 2.75) is 31.8 Å². The minimum absolute atomic E-state index is 0.0406. The molecule has 0 aliphatic carbocycles. The van der Waals surface area contributed by atoms with E-state index in [4.69, 9.17) is 0 Å². The van der Waals surface area contributed by atoms with Gasteiger partial charge < -0.3 is 15.3 Å². The van der Waals surface area contributed by atoms with Crippen molar-refractivity contribution >= 4 is 28.5 Å². The lowest BCUT2D eigenvalue weighted by Gasteiger charge is -2.35. The molecule has 1 aliphatic rings. The lowest BCUT2D eigenvalue weighted by Crippen LogP contribution is -2.47. The largest absolute Gasteiger partial charge is 0.507 e. The van der Waals surface area contributed by atoms with Crippen LogP contribution in [0, 0.1) is 3.57 Å². The van der Waals surface area contributed by atoms with Crippen molar-refractivity contribution in [1.29, 1.82) is 0 Å². The smallest absolute Gasteiger partial charge is 0.255 e. The molecular weight excluding hydrogens is 355 g/mol. The summed E-state index contributed by atoms with van der Waals surface area (Å²) in [6.45, 7) is 3.16. The fraction of sp³-hybridized carbons (Fsp3) is 0.500. The van der Waals surface area contributed by atoms with Gasteiger partial charge in [0.25, 0.3) is 5.91 Å². The van der Waals surface area contributed by atoms with E-state index in [1.807, 2.05) is 0 Å². The van der Waals surface area contributed by atoms with E-state index in [9.17, 15) is 9.90 Å². The second-order valence-electron chi connectivity index (χ2n) is 5.19. The maximum absolute atomic E-state index is 12.2. The van der Waals surface area contributed by atoms with E-state index in [0.29, 0.717) is 11.6 Å². The Morgan fingerprint density at radius 1 is 1.53 bits per heavy atom. The molecule has 1 aromatic carbocycles. The third-order valence-corrected chi connectivity index (χ3v) is 4.42. The molecule has 1 aliphatic heterocycles. The van der Waals surface area contributed by atoms with Gasteiger partial charge in [-0.2, -0.15) is 0 Å². The molecule has 0 aromatic heterocycles. The minimum atomic E-state index is -0.183. The lowest BCUT2D eigenvalue weighted by atomic mass is 9.98. The summed E-state index contributed by atoms with van der Waals surface area (Å²) in [6.07, 6.45) is 1.91. The number of benzene rings is 1. The van der Waals surface area contributed by atoms with Gasteiger partial charge in [0, 0.05) is 22.2 Å². The number of carbonyl (C=O) groups is 1. The standard InChI is InChI=1S/C14H19IN2O2/c1-9-7-11(5-6-17(9)2)16-14(19)12-8-10(15)3-4-13(12)18/h3-4,8-9,11,18H,5-7H2,1-2H3,(H,16,19). The van der Waals surface area contributed by atoms with Crippen LogP contribution in [0.4, 0.5) is 0 Å². The number of hydrogen-bond acceptors (Lipinski definition) is 3. The maximum atomic E-state index is 12.2. The Morgan fingerprint density at radius 3 is 2.95 bits per heavy atom. The summed E-state index contributed by atoms with van der Waals surface area (Å²) in [5, 5.41) is 12.8. The highest BCUT2D eigenvalue weighted by molar-refractivity contribution is 14.1. The van der Waals surface area contributed by atoms with E-state index in [2.05, 4.69) is 46.8 Å². The van der Waals surface area contributed by atoms with Crippen LogP contribution in [0.15, 0.2) is 18.2 Å². The fourth-order valence-electron chi connectivity index (χ4n) is 2.37. The predicted molar refractivity (Wildman–Crippen MR) is 83.4 cm³/mol. The average molecular weight is 374 g/mol. The Kier molecular flexibility index (Phi) is 4.67. The van der Waals surface area contributed by atoms with Crippen LogP contribution in [0.1, 0.15) is 30.1 Å². The number of carbonyl (C=O) groups excluding carboxylic acids is 1. The van der Waals surface area contributed by atoms with E-state index in [1.165, 1.54) is 0 Å². The number of phenols is 1. The van der Waals surface area contributed by atoms with Crippen LogP contribution in [-0.4, -0.2) is 41.6 Å². The van der Waals surface area contributed by atoms with Crippen LogP contribution >= 0.6 is 22.6 Å². The molecule has 5 heteroatoms. The van der Waals surface area contributed by atoms with Crippen molar-refractivity contribution in [2.24, 2.45) is 0 Å².